The second kappa shape index (κ2) is 7.34. The molecule has 1 N–H and O–H groups in total. The molecule has 0 bridgehead atoms. The van der Waals surface area contributed by atoms with E-state index in [1.807, 2.05) is 0 Å². The second-order valence-corrected chi connectivity index (χ2v) is 5.32. The fourth-order valence-electron chi connectivity index (χ4n) is 1.91. The van der Waals surface area contributed by atoms with E-state index in [0.717, 1.165) is 5.69 Å². The van der Waals surface area contributed by atoms with E-state index in [1.54, 1.807) is 49.6 Å². The van der Waals surface area contributed by atoms with E-state index in [2.05, 4.69) is 5.32 Å². The van der Waals surface area contributed by atoms with Crippen LogP contribution in [0.1, 0.15) is 16.8 Å². The molecule has 0 saturated carbocycles. The molecule has 2 rings (SSSR count). The van der Waals surface area contributed by atoms with Crippen molar-refractivity contribution >= 4 is 34.7 Å². The number of ether oxygens (including phenoxy) is 1. The van der Waals surface area contributed by atoms with Crippen molar-refractivity contribution in [1.29, 1.82) is 0 Å². The topological polar surface area (TPSA) is 38.3 Å². The molecule has 110 valence electrons. The van der Waals surface area contributed by atoms with Crippen LogP contribution in [-0.4, -0.2) is 19.4 Å². The lowest BCUT2D eigenvalue weighted by molar-refractivity contribution is 0.0986. The van der Waals surface area contributed by atoms with Crippen LogP contribution in [0.4, 0.5) is 5.69 Å². The van der Waals surface area contributed by atoms with Crippen LogP contribution in [-0.2, 0) is 0 Å². The molecule has 0 fully saturated rings. The number of ketones is 1. The highest BCUT2D eigenvalue weighted by atomic mass is 35.5. The maximum Gasteiger partial charge on any atom is 0.164 e. The molecule has 0 saturated heterocycles. The first-order chi connectivity index (χ1) is 10.1. The van der Waals surface area contributed by atoms with Crippen molar-refractivity contribution in [3.63, 3.8) is 0 Å². The zero-order chi connectivity index (χ0) is 15.2. The lowest BCUT2D eigenvalue weighted by atomic mass is 10.1. The molecule has 0 atom stereocenters. The minimum atomic E-state index is 0.0557. The molecule has 0 spiro atoms. The minimum absolute atomic E-state index is 0.0557. The van der Waals surface area contributed by atoms with E-state index in [-0.39, 0.29) is 5.78 Å². The number of hydrogen-bond acceptors (Lipinski definition) is 3. The maximum atomic E-state index is 12.0. The fraction of sp³-hybridized carbons (Fsp3) is 0.188. The van der Waals surface area contributed by atoms with Crippen LogP contribution in [0.2, 0.25) is 10.0 Å². The van der Waals surface area contributed by atoms with Crippen molar-refractivity contribution in [2.24, 2.45) is 0 Å². The molecular formula is C16H15Cl2NO2. The molecule has 0 heterocycles. The number of carbonyl (C=O) groups is 1. The van der Waals surface area contributed by atoms with Gasteiger partial charge in [0.15, 0.2) is 5.78 Å². The van der Waals surface area contributed by atoms with Crippen LogP contribution < -0.4 is 10.1 Å². The van der Waals surface area contributed by atoms with Crippen LogP contribution in [0.3, 0.4) is 0 Å². The standard InChI is InChI=1S/C16H15Cl2NO2/c1-21-16-7-6-13(18)10-14(16)19-9-8-15(20)11-2-4-12(17)5-3-11/h2-7,10,19H,8-9H2,1H3. The number of methoxy groups -OCH3 is 1. The Balaban J connectivity index is 1.93. The monoisotopic (exact) mass is 323 g/mol. The average Bonchev–Trinajstić information content (AvgIpc) is 2.48. The van der Waals surface area contributed by atoms with Crippen LogP contribution in [0.5, 0.6) is 5.75 Å². The average molecular weight is 324 g/mol. The number of rotatable bonds is 6. The van der Waals surface area contributed by atoms with Gasteiger partial charge in [0, 0.05) is 28.6 Å². The summed E-state index contributed by atoms with van der Waals surface area (Å²) in [4.78, 5) is 12.0. The largest absolute Gasteiger partial charge is 0.495 e. The molecule has 5 heteroatoms. The summed E-state index contributed by atoms with van der Waals surface area (Å²) in [7, 11) is 1.59. The van der Waals surface area contributed by atoms with E-state index < -0.39 is 0 Å². The van der Waals surface area contributed by atoms with Gasteiger partial charge in [-0.2, -0.15) is 0 Å². The highest BCUT2D eigenvalue weighted by molar-refractivity contribution is 6.31. The Hall–Kier alpha value is -1.71. The summed E-state index contributed by atoms with van der Waals surface area (Å²) in [5.74, 6) is 0.749. The Labute approximate surface area is 133 Å². The number of carbonyl (C=O) groups excluding carboxylic acids is 1. The second-order valence-electron chi connectivity index (χ2n) is 4.45. The highest BCUT2D eigenvalue weighted by Crippen LogP contribution is 2.27. The van der Waals surface area contributed by atoms with Gasteiger partial charge in [-0.05, 0) is 42.5 Å². The normalized spacial score (nSPS) is 10.2. The van der Waals surface area contributed by atoms with E-state index in [9.17, 15) is 4.79 Å². The summed E-state index contributed by atoms with van der Waals surface area (Å²) in [5, 5.41) is 4.39. The molecule has 0 radical (unpaired) electrons. The summed E-state index contributed by atoms with van der Waals surface area (Å²) in [6.45, 7) is 0.498. The van der Waals surface area contributed by atoms with Gasteiger partial charge in [-0.25, -0.2) is 0 Å². The first kappa shape index (κ1) is 15.7. The third-order valence-corrected chi connectivity index (χ3v) is 3.48. The Bertz CT molecular complexity index is 627. The van der Waals surface area contributed by atoms with Crippen LogP contribution in [0.15, 0.2) is 42.5 Å². The first-order valence-corrected chi connectivity index (χ1v) is 7.22. The highest BCUT2D eigenvalue weighted by Gasteiger charge is 2.07. The van der Waals surface area contributed by atoms with Gasteiger partial charge < -0.3 is 10.1 Å². The van der Waals surface area contributed by atoms with Crippen LogP contribution >= 0.6 is 23.2 Å². The smallest absolute Gasteiger partial charge is 0.164 e. The molecule has 0 aliphatic rings. The van der Waals surface area contributed by atoms with Crippen LogP contribution in [0.25, 0.3) is 0 Å². The van der Waals surface area contributed by atoms with E-state index in [4.69, 9.17) is 27.9 Å². The molecule has 0 aliphatic carbocycles. The van der Waals surface area contributed by atoms with E-state index >= 15 is 0 Å². The molecule has 0 amide bonds. The summed E-state index contributed by atoms with van der Waals surface area (Å²) in [5.41, 5.74) is 1.42. The number of anilines is 1. The molecule has 2 aromatic carbocycles. The van der Waals surface area contributed by atoms with Gasteiger partial charge in [0.25, 0.3) is 0 Å². The lowest BCUT2D eigenvalue weighted by Gasteiger charge is -2.11. The Morgan fingerprint density at radius 1 is 1.10 bits per heavy atom. The Morgan fingerprint density at radius 3 is 2.43 bits per heavy atom. The SMILES string of the molecule is COc1ccc(Cl)cc1NCCC(=O)c1ccc(Cl)cc1. The third-order valence-electron chi connectivity index (χ3n) is 3.00. The number of Topliss-reactive ketones (excluding diaryl/α,β-unsaturated/α-hetero) is 1. The lowest BCUT2D eigenvalue weighted by Crippen LogP contribution is -2.09. The predicted octanol–water partition coefficient (Wildman–Crippen LogP) is 4.69. The van der Waals surface area contributed by atoms with Gasteiger partial charge in [-0.1, -0.05) is 23.2 Å². The third kappa shape index (κ3) is 4.38. The van der Waals surface area contributed by atoms with Crippen molar-refractivity contribution in [3.05, 3.63) is 58.1 Å². The summed E-state index contributed by atoms with van der Waals surface area (Å²) in [6, 6.07) is 12.2. The van der Waals surface area contributed by atoms with Crippen molar-refractivity contribution in [2.75, 3.05) is 19.0 Å². The molecule has 2 aromatic rings. The van der Waals surface area contributed by atoms with Gasteiger partial charge in [0.2, 0.25) is 0 Å². The quantitative estimate of drug-likeness (QED) is 0.784. The van der Waals surface area contributed by atoms with Crippen molar-refractivity contribution in [2.45, 2.75) is 6.42 Å². The number of hydrogen-bond donors (Lipinski definition) is 1. The van der Waals surface area contributed by atoms with Gasteiger partial charge in [-0.3, -0.25) is 4.79 Å². The number of nitrogens with one attached hydrogen (secondary N) is 1. The van der Waals surface area contributed by atoms with E-state index in [0.29, 0.717) is 34.3 Å². The van der Waals surface area contributed by atoms with Gasteiger partial charge in [-0.15, -0.1) is 0 Å². The Morgan fingerprint density at radius 2 is 1.76 bits per heavy atom. The summed E-state index contributed by atoms with van der Waals surface area (Å²) < 4.78 is 5.23. The minimum Gasteiger partial charge on any atom is -0.495 e. The van der Waals surface area contributed by atoms with Gasteiger partial charge in [0.05, 0.1) is 12.8 Å². The number of halogens is 2. The summed E-state index contributed by atoms with van der Waals surface area (Å²) >= 11 is 11.7. The van der Waals surface area contributed by atoms with Gasteiger partial charge >= 0.3 is 0 Å². The predicted molar refractivity (Wildman–Crippen MR) is 86.9 cm³/mol. The van der Waals surface area contributed by atoms with Crippen LogP contribution in [0, 0.1) is 0 Å². The Kier molecular flexibility index (Phi) is 5.48. The zero-order valence-corrected chi connectivity index (χ0v) is 13.0. The summed E-state index contributed by atoms with van der Waals surface area (Å²) in [6.07, 6.45) is 0.372. The van der Waals surface area contributed by atoms with Gasteiger partial charge in [0.1, 0.15) is 5.75 Å². The molecule has 0 unspecified atom stereocenters. The maximum absolute atomic E-state index is 12.0. The molecular weight excluding hydrogens is 309 g/mol. The van der Waals surface area contributed by atoms with Crippen molar-refractivity contribution in [1.82, 2.24) is 0 Å². The fourth-order valence-corrected chi connectivity index (χ4v) is 2.21. The van der Waals surface area contributed by atoms with Crippen molar-refractivity contribution < 1.29 is 9.53 Å². The first-order valence-electron chi connectivity index (χ1n) is 6.46. The molecule has 3 nitrogen and oxygen atoms in total. The van der Waals surface area contributed by atoms with Crippen molar-refractivity contribution in [3.8, 4) is 5.75 Å². The molecule has 0 aliphatic heterocycles. The molecule has 21 heavy (non-hydrogen) atoms. The van der Waals surface area contributed by atoms with E-state index in [1.165, 1.54) is 0 Å². The zero-order valence-electron chi connectivity index (χ0n) is 11.5. The molecule has 0 aromatic heterocycles. The number of benzene rings is 2.